The second-order valence-corrected chi connectivity index (χ2v) is 4.49. The van der Waals surface area contributed by atoms with Crippen LogP contribution in [0.4, 0.5) is 8.78 Å². The van der Waals surface area contributed by atoms with Gasteiger partial charge < -0.3 is 10.5 Å². The van der Waals surface area contributed by atoms with Crippen LogP contribution in [0.25, 0.3) is 0 Å². The van der Waals surface area contributed by atoms with Gasteiger partial charge in [0.25, 0.3) is 0 Å². The molecule has 2 aromatic carbocycles. The molecule has 0 heterocycles. The van der Waals surface area contributed by atoms with E-state index in [0.29, 0.717) is 16.9 Å². The molecule has 4 heteroatoms. The van der Waals surface area contributed by atoms with Crippen molar-refractivity contribution in [2.24, 2.45) is 5.73 Å². The van der Waals surface area contributed by atoms with Crippen LogP contribution in [0.5, 0.6) is 11.5 Å². The van der Waals surface area contributed by atoms with Gasteiger partial charge in [0.1, 0.15) is 11.6 Å². The fourth-order valence-corrected chi connectivity index (χ4v) is 1.73. The minimum Gasteiger partial charge on any atom is -0.454 e. The van der Waals surface area contributed by atoms with Crippen LogP contribution in [0.15, 0.2) is 36.4 Å². The van der Waals surface area contributed by atoms with Crippen LogP contribution in [-0.4, -0.2) is 0 Å². The van der Waals surface area contributed by atoms with Crippen LogP contribution in [0.1, 0.15) is 24.1 Å². The first-order chi connectivity index (χ1) is 8.97. The molecule has 2 aromatic rings. The van der Waals surface area contributed by atoms with Gasteiger partial charge in [0.05, 0.1) is 0 Å². The Labute approximate surface area is 110 Å². The van der Waals surface area contributed by atoms with Gasteiger partial charge in [-0.2, -0.15) is 0 Å². The molecule has 100 valence electrons. The molecule has 0 saturated heterocycles. The lowest BCUT2D eigenvalue weighted by atomic mass is 10.1. The van der Waals surface area contributed by atoms with E-state index in [1.807, 2.05) is 0 Å². The molecule has 1 atom stereocenters. The number of benzene rings is 2. The van der Waals surface area contributed by atoms with Crippen molar-refractivity contribution < 1.29 is 13.5 Å². The Balaban J connectivity index is 2.28. The highest BCUT2D eigenvalue weighted by atomic mass is 19.1. The van der Waals surface area contributed by atoms with Gasteiger partial charge in [-0.3, -0.25) is 0 Å². The summed E-state index contributed by atoms with van der Waals surface area (Å²) >= 11 is 0. The first-order valence-corrected chi connectivity index (χ1v) is 5.96. The van der Waals surface area contributed by atoms with Crippen LogP contribution in [0.3, 0.4) is 0 Å². The molecule has 0 amide bonds. The van der Waals surface area contributed by atoms with Crippen LogP contribution >= 0.6 is 0 Å². The number of aryl methyl sites for hydroxylation is 1. The van der Waals surface area contributed by atoms with E-state index in [9.17, 15) is 8.78 Å². The summed E-state index contributed by atoms with van der Waals surface area (Å²) in [6, 6.07) is 8.43. The van der Waals surface area contributed by atoms with Crippen molar-refractivity contribution in [2.45, 2.75) is 19.9 Å². The molecule has 2 nitrogen and oxygen atoms in total. The number of hydrogen-bond acceptors (Lipinski definition) is 2. The molecule has 0 aliphatic rings. The first-order valence-electron chi connectivity index (χ1n) is 5.96. The highest BCUT2D eigenvalue weighted by Gasteiger charge is 2.10. The van der Waals surface area contributed by atoms with E-state index >= 15 is 0 Å². The largest absolute Gasteiger partial charge is 0.454 e. The van der Waals surface area contributed by atoms with Crippen molar-refractivity contribution in [3.05, 3.63) is 59.2 Å². The second kappa shape index (κ2) is 5.36. The van der Waals surface area contributed by atoms with Crippen molar-refractivity contribution in [1.29, 1.82) is 0 Å². The molecule has 0 saturated carbocycles. The Morgan fingerprint density at radius 1 is 1.05 bits per heavy atom. The van der Waals surface area contributed by atoms with Gasteiger partial charge in [0, 0.05) is 6.04 Å². The van der Waals surface area contributed by atoms with Gasteiger partial charge in [-0.05, 0) is 55.3 Å². The fraction of sp³-hybridized carbons (Fsp3) is 0.200. The third-order valence-corrected chi connectivity index (χ3v) is 2.84. The van der Waals surface area contributed by atoms with Crippen LogP contribution in [0.2, 0.25) is 0 Å². The molecule has 0 aliphatic heterocycles. The predicted molar refractivity (Wildman–Crippen MR) is 70.2 cm³/mol. The zero-order valence-electron chi connectivity index (χ0n) is 10.8. The SMILES string of the molecule is Cc1cc(F)ccc1Oc1ccc([C@H](C)N)cc1F. The van der Waals surface area contributed by atoms with E-state index in [4.69, 9.17) is 10.5 Å². The molecule has 0 bridgehead atoms. The molecule has 2 rings (SSSR count). The number of halogens is 2. The molecular formula is C15H15F2NO. The Hall–Kier alpha value is -1.94. The molecule has 0 spiro atoms. The molecule has 19 heavy (non-hydrogen) atoms. The molecular weight excluding hydrogens is 248 g/mol. The van der Waals surface area contributed by atoms with Crippen molar-refractivity contribution in [3.63, 3.8) is 0 Å². The maximum Gasteiger partial charge on any atom is 0.166 e. The van der Waals surface area contributed by atoms with Gasteiger partial charge in [-0.25, -0.2) is 8.78 Å². The highest BCUT2D eigenvalue weighted by Crippen LogP contribution is 2.28. The van der Waals surface area contributed by atoms with E-state index in [0.717, 1.165) is 0 Å². The standard InChI is InChI=1S/C15H15F2NO/c1-9-7-12(16)4-6-14(9)19-15-5-3-11(10(2)18)8-13(15)17/h3-8,10H,18H2,1-2H3/t10-/m0/s1. The Morgan fingerprint density at radius 2 is 1.74 bits per heavy atom. The first kappa shape index (κ1) is 13.5. The topological polar surface area (TPSA) is 35.2 Å². The lowest BCUT2D eigenvalue weighted by Gasteiger charge is -2.11. The maximum atomic E-state index is 13.9. The minimum atomic E-state index is -0.487. The summed E-state index contributed by atoms with van der Waals surface area (Å²) in [5, 5.41) is 0. The molecule has 0 unspecified atom stereocenters. The maximum absolute atomic E-state index is 13.9. The summed E-state index contributed by atoms with van der Waals surface area (Å²) < 4.78 is 32.3. The lowest BCUT2D eigenvalue weighted by Crippen LogP contribution is -2.05. The summed E-state index contributed by atoms with van der Waals surface area (Å²) in [6.45, 7) is 3.48. The average molecular weight is 263 g/mol. The Bertz CT molecular complexity index is 597. The van der Waals surface area contributed by atoms with Crippen molar-refractivity contribution in [2.75, 3.05) is 0 Å². The van der Waals surface area contributed by atoms with Gasteiger partial charge in [0.15, 0.2) is 11.6 Å². The number of hydrogen-bond donors (Lipinski definition) is 1. The van der Waals surface area contributed by atoms with E-state index in [1.165, 1.54) is 30.3 Å². The van der Waals surface area contributed by atoms with Gasteiger partial charge in [-0.15, -0.1) is 0 Å². The second-order valence-electron chi connectivity index (χ2n) is 4.49. The Morgan fingerprint density at radius 3 is 2.32 bits per heavy atom. The van der Waals surface area contributed by atoms with Crippen LogP contribution in [-0.2, 0) is 0 Å². The fourth-order valence-electron chi connectivity index (χ4n) is 1.73. The average Bonchev–Trinajstić information content (AvgIpc) is 2.34. The predicted octanol–water partition coefficient (Wildman–Crippen LogP) is 4.09. The summed E-state index contributed by atoms with van der Waals surface area (Å²) in [4.78, 5) is 0. The lowest BCUT2D eigenvalue weighted by molar-refractivity contribution is 0.437. The number of ether oxygens (including phenoxy) is 1. The van der Waals surface area contributed by atoms with Crippen molar-refractivity contribution in [1.82, 2.24) is 0 Å². The van der Waals surface area contributed by atoms with Gasteiger partial charge in [0.2, 0.25) is 0 Å². The Kier molecular flexibility index (Phi) is 3.81. The normalized spacial score (nSPS) is 12.3. The molecule has 0 aliphatic carbocycles. The highest BCUT2D eigenvalue weighted by molar-refractivity contribution is 5.39. The summed E-state index contributed by atoms with van der Waals surface area (Å²) in [6.07, 6.45) is 0. The third-order valence-electron chi connectivity index (χ3n) is 2.84. The van der Waals surface area contributed by atoms with Crippen LogP contribution < -0.4 is 10.5 Å². The van der Waals surface area contributed by atoms with E-state index in [1.54, 1.807) is 19.9 Å². The third kappa shape index (κ3) is 3.09. The van der Waals surface area contributed by atoms with Crippen molar-refractivity contribution in [3.8, 4) is 11.5 Å². The summed E-state index contributed by atoms with van der Waals surface area (Å²) in [5.41, 5.74) is 6.98. The van der Waals surface area contributed by atoms with Gasteiger partial charge >= 0.3 is 0 Å². The number of rotatable bonds is 3. The summed E-state index contributed by atoms with van der Waals surface area (Å²) in [7, 11) is 0. The zero-order valence-corrected chi connectivity index (χ0v) is 10.8. The quantitative estimate of drug-likeness (QED) is 0.905. The van der Waals surface area contributed by atoms with Crippen LogP contribution in [0, 0.1) is 18.6 Å². The molecule has 0 aromatic heterocycles. The van der Waals surface area contributed by atoms with E-state index in [2.05, 4.69) is 0 Å². The number of nitrogens with two attached hydrogens (primary N) is 1. The minimum absolute atomic E-state index is 0.0964. The van der Waals surface area contributed by atoms with Gasteiger partial charge in [-0.1, -0.05) is 6.07 Å². The van der Waals surface area contributed by atoms with E-state index < -0.39 is 5.82 Å². The van der Waals surface area contributed by atoms with E-state index in [-0.39, 0.29) is 17.6 Å². The van der Waals surface area contributed by atoms with Crippen molar-refractivity contribution >= 4 is 0 Å². The summed E-state index contributed by atoms with van der Waals surface area (Å²) in [5.74, 6) is -0.316. The molecule has 2 N–H and O–H groups in total. The molecule has 0 fully saturated rings. The monoisotopic (exact) mass is 263 g/mol. The zero-order chi connectivity index (χ0) is 14.0. The molecule has 0 radical (unpaired) electrons. The smallest absolute Gasteiger partial charge is 0.166 e.